The number of amides is 2. The van der Waals surface area contributed by atoms with Crippen molar-refractivity contribution in [3.05, 3.63) is 82.9 Å². The molecule has 0 bridgehead atoms. The quantitative estimate of drug-likeness (QED) is 0.317. The van der Waals surface area contributed by atoms with Gasteiger partial charge < -0.3 is 34.8 Å². The molecule has 9 nitrogen and oxygen atoms in total. The molecule has 9 heteroatoms. The number of carbonyl (C=O) groups is 2. The SMILES string of the molecule is COCCCC(=O)N1CC[C@H](Nc2cccc3c2CN(C(=O)c2c(O)cc(O)cc2OCc2ccccc2)CC3)C1. The van der Waals surface area contributed by atoms with Crippen molar-refractivity contribution >= 4 is 17.5 Å². The Morgan fingerprint density at radius 2 is 1.85 bits per heavy atom. The molecule has 2 aliphatic heterocycles. The van der Waals surface area contributed by atoms with Gasteiger partial charge in [-0.1, -0.05) is 42.5 Å². The van der Waals surface area contributed by atoms with Crippen molar-refractivity contribution in [2.24, 2.45) is 0 Å². The van der Waals surface area contributed by atoms with Crippen LogP contribution in [0.4, 0.5) is 5.69 Å². The summed E-state index contributed by atoms with van der Waals surface area (Å²) < 4.78 is 11.0. The largest absolute Gasteiger partial charge is 0.508 e. The van der Waals surface area contributed by atoms with Crippen LogP contribution in [0, 0.1) is 0 Å². The van der Waals surface area contributed by atoms with Gasteiger partial charge in [0, 0.05) is 70.2 Å². The highest BCUT2D eigenvalue weighted by atomic mass is 16.5. The van der Waals surface area contributed by atoms with Crippen LogP contribution in [0.5, 0.6) is 17.2 Å². The topological polar surface area (TPSA) is 112 Å². The molecule has 0 aliphatic carbocycles. The number of phenolic OH excluding ortho intramolecular Hbond substituents is 2. The van der Waals surface area contributed by atoms with Crippen LogP contribution in [-0.2, 0) is 29.1 Å². The number of carbonyl (C=O) groups excluding carboxylic acids is 2. The Kier molecular flexibility index (Phi) is 8.94. The molecule has 1 atom stereocenters. The van der Waals surface area contributed by atoms with Gasteiger partial charge in [-0.05, 0) is 42.0 Å². The second-order valence-electron chi connectivity index (χ2n) is 10.6. The summed E-state index contributed by atoms with van der Waals surface area (Å²) in [5.74, 6) is -0.580. The van der Waals surface area contributed by atoms with Gasteiger partial charge in [-0.2, -0.15) is 0 Å². The minimum absolute atomic E-state index is 0.0334. The molecule has 0 unspecified atom stereocenters. The Hall–Kier alpha value is -4.24. The number of likely N-dealkylation sites (tertiary alicyclic amines) is 1. The summed E-state index contributed by atoms with van der Waals surface area (Å²) >= 11 is 0. The van der Waals surface area contributed by atoms with E-state index < -0.39 is 0 Å². The highest BCUT2D eigenvalue weighted by molar-refractivity contribution is 6.00. The summed E-state index contributed by atoms with van der Waals surface area (Å²) in [4.78, 5) is 30.0. The third-order valence-corrected chi connectivity index (χ3v) is 7.72. The standard InChI is InChI=1S/C32H37N3O6/c1-40-16-6-11-30(38)34-15-13-24(19-34)33-27-10-5-9-23-12-14-35(20-26(23)27)32(39)31-28(37)17-25(36)18-29(31)41-21-22-7-3-2-4-8-22/h2-5,7-10,17-18,24,33,36-37H,6,11-16,19-21H2,1H3/t24-/m0/s1. The van der Waals surface area contributed by atoms with Gasteiger partial charge in [-0.25, -0.2) is 0 Å². The Labute approximate surface area is 240 Å². The first-order chi connectivity index (χ1) is 19.9. The van der Waals surface area contributed by atoms with Gasteiger partial charge in [0.05, 0.1) is 0 Å². The molecule has 2 amide bonds. The predicted octanol–water partition coefficient (Wildman–Crippen LogP) is 4.31. The van der Waals surface area contributed by atoms with Gasteiger partial charge in [0.2, 0.25) is 5.91 Å². The van der Waals surface area contributed by atoms with Crippen LogP contribution in [0.25, 0.3) is 0 Å². The van der Waals surface area contributed by atoms with Crippen LogP contribution in [-0.4, -0.2) is 71.2 Å². The summed E-state index contributed by atoms with van der Waals surface area (Å²) in [7, 11) is 1.64. The second-order valence-corrected chi connectivity index (χ2v) is 10.6. The lowest BCUT2D eigenvalue weighted by Gasteiger charge is -2.32. The maximum Gasteiger partial charge on any atom is 0.261 e. The molecule has 2 heterocycles. The van der Waals surface area contributed by atoms with Gasteiger partial charge in [0.25, 0.3) is 5.91 Å². The van der Waals surface area contributed by atoms with Crippen LogP contribution < -0.4 is 10.1 Å². The van der Waals surface area contributed by atoms with E-state index in [-0.39, 0.29) is 47.3 Å². The normalized spacial score (nSPS) is 16.4. The van der Waals surface area contributed by atoms with Crippen molar-refractivity contribution in [2.45, 2.75) is 44.9 Å². The number of nitrogens with zero attached hydrogens (tertiary/aromatic N) is 2. The van der Waals surface area contributed by atoms with Crippen LogP contribution in [0.2, 0.25) is 0 Å². The molecule has 0 radical (unpaired) electrons. The van der Waals surface area contributed by atoms with Crippen molar-refractivity contribution in [1.29, 1.82) is 0 Å². The van der Waals surface area contributed by atoms with Gasteiger partial charge in [-0.15, -0.1) is 0 Å². The highest BCUT2D eigenvalue weighted by Gasteiger charge is 2.30. The van der Waals surface area contributed by atoms with E-state index in [4.69, 9.17) is 9.47 Å². The lowest BCUT2D eigenvalue weighted by Crippen LogP contribution is -2.37. The number of ether oxygens (including phenoxy) is 2. The molecule has 2 aliphatic rings. The molecule has 216 valence electrons. The minimum Gasteiger partial charge on any atom is -0.508 e. The first-order valence-corrected chi connectivity index (χ1v) is 14.1. The fourth-order valence-corrected chi connectivity index (χ4v) is 5.55. The molecule has 0 aromatic heterocycles. The zero-order valence-corrected chi connectivity index (χ0v) is 23.3. The second kappa shape index (κ2) is 13.0. The summed E-state index contributed by atoms with van der Waals surface area (Å²) in [6.45, 7) is 2.98. The molecule has 3 aromatic rings. The number of nitrogens with one attached hydrogen (secondary N) is 1. The fourth-order valence-electron chi connectivity index (χ4n) is 5.55. The first-order valence-electron chi connectivity index (χ1n) is 14.1. The number of aromatic hydroxyl groups is 2. The Morgan fingerprint density at radius 3 is 2.66 bits per heavy atom. The van der Waals surface area contributed by atoms with Crippen LogP contribution >= 0.6 is 0 Å². The van der Waals surface area contributed by atoms with E-state index in [1.54, 1.807) is 12.0 Å². The third-order valence-electron chi connectivity index (χ3n) is 7.72. The van der Waals surface area contributed by atoms with Crippen molar-refractivity contribution < 1.29 is 29.3 Å². The number of benzene rings is 3. The van der Waals surface area contributed by atoms with Gasteiger partial charge >= 0.3 is 0 Å². The smallest absolute Gasteiger partial charge is 0.261 e. The number of fused-ring (bicyclic) bond motifs is 1. The van der Waals surface area contributed by atoms with Gasteiger partial charge in [-0.3, -0.25) is 9.59 Å². The number of rotatable bonds is 10. The third kappa shape index (κ3) is 6.74. The van der Waals surface area contributed by atoms with E-state index in [0.717, 1.165) is 42.3 Å². The molecular formula is C32H37N3O6. The van der Waals surface area contributed by atoms with E-state index in [2.05, 4.69) is 11.4 Å². The molecule has 41 heavy (non-hydrogen) atoms. The van der Waals surface area contributed by atoms with E-state index in [1.165, 1.54) is 11.6 Å². The van der Waals surface area contributed by atoms with Crippen molar-refractivity contribution in [3.8, 4) is 17.2 Å². The highest BCUT2D eigenvalue weighted by Crippen LogP contribution is 2.36. The fraction of sp³-hybridized carbons (Fsp3) is 0.375. The monoisotopic (exact) mass is 559 g/mol. The zero-order valence-electron chi connectivity index (χ0n) is 23.3. The van der Waals surface area contributed by atoms with Crippen LogP contribution in [0.3, 0.4) is 0 Å². The van der Waals surface area contributed by atoms with E-state index >= 15 is 0 Å². The molecule has 1 saturated heterocycles. The average Bonchev–Trinajstić information content (AvgIpc) is 3.45. The zero-order chi connectivity index (χ0) is 28.8. The summed E-state index contributed by atoms with van der Waals surface area (Å²) in [6.07, 6.45) is 2.73. The number of methoxy groups -OCH3 is 1. The molecule has 0 spiro atoms. The maximum atomic E-state index is 13.8. The lowest BCUT2D eigenvalue weighted by molar-refractivity contribution is -0.130. The summed E-state index contributed by atoms with van der Waals surface area (Å²) in [5, 5.41) is 24.4. The van der Waals surface area contributed by atoms with E-state index in [0.29, 0.717) is 39.1 Å². The number of hydrogen-bond acceptors (Lipinski definition) is 7. The van der Waals surface area contributed by atoms with Crippen LogP contribution in [0.1, 0.15) is 46.3 Å². The average molecular weight is 560 g/mol. The molecule has 5 rings (SSSR count). The molecular weight excluding hydrogens is 522 g/mol. The van der Waals surface area contributed by atoms with E-state index in [1.807, 2.05) is 47.4 Å². The van der Waals surface area contributed by atoms with Gasteiger partial charge in [0.1, 0.15) is 29.4 Å². The van der Waals surface area contributed by atoms with E-state index in [9.17, 15) is 19.8 Å². The number of hydrogen-bond donors (Lipinski definition) is 3. The summed E-state index contributed by atoms with van der Waals surface area (Å²) in [5.41, 5.74) is 4.08. The Morgan fingerprint density at radius 1 is 1.02 bits per heavy atom. The molecule has 3 N–H and O–H groups in total. The first kappa shape index (κ1) is 28.3. The predicted molar refractivity (Wildman–Crippen MR) is 155 cm³/mol. The number of anilines is 1. The lowest BCUT2D eigenvalue weighted by atomic mass is 9.96. The molecule has 3 aromatic carbocycles. The maximum absolute atomic E-state index is 13.8. The minimum atomic E-state index is -0.361. The Balaban J connectivity index is 1.29. The van der Waals surface area contributed by atoms with Crippen molar-refractivity contribution in [3.63, 3.8) is 0 Å². The Bertz CT molecular complexity index is 1380. The summed E-state index contributed by atoms with van der Waals surface area (Å²) in [6, 6.07) is 18.3. The number of phenols is 2. The van der Waals surface area contributed by atoms with Gasteiger partial charge in [0.15, 0.2) is 0 Å². The van der Waals surface area contributed by atoms with Crippen molar-refractivity contribution in [1.82, 2.24) is 9.80 Å². The van der Waals surface area contributed by atoms with Crippen LogP contribution in [0.15, 0.2) is 60.7 Å². The molecule has 1 fully saturated rings. The van der Waals surface area contributed by atoms with Crippen molar-refractivity contribution in [2.75, 3.05) is 38.7 Å². The molecule has 0 saturated carbocycles.